The Kier molecular flexibility index (Phi) is 2.99. The molecule has 2 nitrogen and oxygen atoms in total. The fourth-order valence-electron chi connectivity index (χ4n) is 6.09. The van der Waals surface area contributed by atoms with Crippen molar-refractivity contribution in [3.8, 4) is 11.3 Å². The SMILES string of the molecule is c1ccc2c(c1)B1c3cccc4c5ccccc5c5cccc(c5c34)N1c1cccnc1-2. The smallest absolute Gasteiger partial charge is 0.329 e. The van der Waals surface area contributed by atoms with E-state index in [1.807, 2.05) is 6.20 Å². The molecule has 32 heavy (non-hydrogen) atoms. The van der Waals surface area contributed by atoms with Gasteiger partial charge in [-0.25, -0.2) is 0 Å². The predicted octanol–water partition coefficient (Wildman–Crippen LogP) is 5.78. The van der Waals surface area contributed by atoms with Gasteiger partial charge in [-0.2, -0.15) is 0 Å². The molecule has 0 saturated carbocycles. The number of nitrogens with zero attached hydrogens (tertiary/aromatic N) is 2. The van der Waals surface area contributed by atoms with Gasteiger partial charge in [0.15, 0.2) is 0 Å². The highest BCUT2D eigenvalue weighted by atomic mass is 15.1. The second-order valence-electron chi connectivity index (χ2n) is 8.75. The first-order valence-corrected chi connectivity index (χ1v) is 11.1. The van der Waals surface area contributed by atoms with E-state index < -0.39 is 0 Å². The Morgan fingerprint density at radius 1 is 0.531 bits per heavy atom. The summed E-state index contributed by atoms with van der Waals surface area (Å²) in [6.07, 6.45) is 1.91. The van der Waals surface area contributed by atoms with Crippen molar-refractivity contribution in [1.82, 2.24) is 4.98 Å². The van der Waals surface area contributed by atoms with Crippen molar-refractivity contribution in [2.24, 2.45) is 0 Å². The van der Waals surface area contributed by atoms with Gasteiger partial charge in [0.25, 0.3) is 0 Å². The summed E-state index contributed by atoms with van der Waals surface area (Å²) >= 11 is 0. The minimum Gasteiger partial charge on any atom is -0.375 e. The van der Waals surface area contributed by atoms with Crippen LogP contribution in [0, 0.1) is 0 Å². The van der Waals surface area contributed by atoms with Crippen molar-refractivity contribution in [3.63, 3.8) is 0 Å². The second kappa shape index (κ2) is 5.77. The van der Waals surface area contributed by atoms with Gasteiger partial charge in [-0.1, -0.05) is 78.9 Å². The summed E-state index contributed by atoms with van der Waals surface area (Å²) in [5, 5.41) is 8.04. The minimum atomic E-state index is 0.130. The van der Waals surface area contributed by atoms with E-state index in [-0.39, 0.29) is 6.85 Å². The van der Waals surface area contributed by atoms with Crippen LogP contribution >= 0.6 is 0 Å². The molecule has 0 spiro atoms. The molecule has 5 aromatic carbocycles. The van der Waals surface area contributed by atoms with Crippen LogP contribution in [0.2, 0.25) is 0 Å². The van der Waals surface area contributed by atoms with Crippen LogP contribution in [0.3, 0.4) is 0 Å². The summed E-state index contributed by atoms with van der Waals surface area (Å²) in [5.74, 6) is 0. The normalized spacial score (nSPS) is 13.5. The molecule has 2 aliphatic rings. The molecule has 146 valence electrons. The van der Waals surface area contributed by atoms with Crippen molar-refractivity contribution < 1.29 is 0 Å². The number of benzene rings is 5. The highest BCUT2D eigenvalue weighted by Crippen LogP contribution is 2.47. The molecule has 0 aliphatic carbocycles. The van der Waals surface area contributed by atoms with E-state index in [1.54, 1.807) is 0 Å². The molecule has 2 aliphatic heterocycles. The predicted molar refractivity (Wildman–Crippen MR) is 136 cm³/mol. The van der Waals surface area contributed by atoms with E-state index in [4.69, 9.17) is 4.98 Å². The summed E-state index contributed by atoms with van der Waals surface area (Å²) in [4.78, 5) is 7.35. The van der Waals surface area contributed by atoms with E-state index in [0.29, 0.717) is 0 Å². The topological polar surface area (TPSA) is 16.1 Å². The average molecular weight is 404 g/mol. The quantitative estimate of drug-likeness (QED) is 0.236. The number of fused-ring (bicyclic) bond motifs is 11. The van der Waals surface area contributed by atoms with E-state index >= 15 is 0 Å². The third-order valence-corrected chi connectivity index (χ3v) is 7.27. The number of rotatable bonds is 0. The van der Waals surface area contributed by atoms with Crippen molar-refractivity contribution in [2.45, 2.75) is 0 Å². The molecule has 0 atom stereocenters. The van der Waals surface area contributed by atoms with Gasteiger partial charge in [0.2, 0.25) is 0 Å². The van der Waals surface area contributed by atoms with Gasteiger partial charge in [0.05, 0.1) is 11.4 Å². The molecular weight excluding hydrogens is 387 g/mol. The van der Waals surface area contributed by atoms with Crippen LogP contribution < -0.4 is 15.7 Å². The molecule has 0 unspecified atom stereocenters. The number of pyridine rings is 1. The van der Waals surface area contributed by atoms with Gasteiger partial charge < -0.3 is 4.81 Å². The number of hydrogen-bond donors (Lipinski definition) is 0. The number of hydrogen-bond acceptors (Lipinski definition) is 2. The highest BCUT2D eigenvalue weighted by Gasteiger charge is 2.41. The lowest BCUT2D eigenvalue weighted by atomic mass is 9.44. The zero-order valence-corrected chi connectivity index (χ0v) is 17.3. The van der Waals surface area contributed by atoms with Crippen molar-refractivity contribution in [2.75, 3.05) is 4.81 Å². The van der Waals surface area contributed by atoms with Crippen LogP contribution in [0.25, 0.3) is 43.6 Å². The molecular formula is C29H17BN2. The third kappa shape index (κ3) is 1.86. The monoisotopic (exact) mass is 404 g/mol. The van der Waals surface area contributed by atoms with Crippen LogP contribution in [0.5, 0.6) is 0 Å². The summed E-state index contributed by atoms with van der Waals surface area (Å²) in [6.45, 7) is 0.130. The van der Waals surface area contributed by atoms with Crippen LogP contribution in [-0.4, -0.2) is 11.8 Å². The van der Waals surface area contributed by atoms with Crippen LogP contribution in [-0.2, 0) is 0 Å². The Morgan fingerprint density at radius 3 is 2.06 bits per heavy atom. The largest absolute Gasteiger partial charge is 0.375 e. The molecule has 0 bridgehead atoms. The molecule has 0 N–H and O–H groups in total. The Morgan fingerprint density at radius 2 is 1.19 bits per heavy atom. The molecule has 8 rings (SSSR count). The summed E-state index contributed by atoms with van der Waals surface area (Å²) in [7, 11) is 0. The van der Waals surface area contributed by atoms with Crippen molar-refractivity contribution >= 4 is 61.5 Å². The van der Waals surface area contributed by atoms with E-state index in [1.165, 1.54) is 60.2 Å². The second-order valence-corrected chi connectivity index (χ2v) is 8.75. The molecule has 0 amide bonds. The fraction of sp³-hybridized carbons (Fsp3) is 0. The van der Waals surface area contributed by atoms with Gasteiger partial charge in [-0.3, -0.25) is 4.98 Å². The molecule has 6 aromatic rings. The minimum absolute atomic E-state index is 0.130. The van der Waals surface area contributed by atoms with Crippen LogP contribution in [0.1, 0.15) is 0 Å². The van der Waals surface area contributed by atoms with Gasteiger partial charge in [0, 0.05) is 17.3 Å². The zero-order valence-electron chi connectivity index (χ0n) is 17.3. The fourth-order valence-corrected chi connectivity index (χ4v) is 6.09. The first-order chi connectivity index (χ1) is 15.9. The zero-order chi connectivity index (χ0) is 20.8. The molecule has 0 fully saturated rings. The van der Waals surface area contributed by atoms with Gasteiger partial charge in [0.1, 0.15) is 0 Å². The van der Waals surface area contributed by atoms with E-state index in [0.717, 1.165) is 5.69 Å². The number of aromatic nitrogens is 1. The van der Waals surface area contributed by atoms with Gasteiger partial charge >= 0.3 is 6.85 Å². The molecule has 0 saturated heterocycles. The van der Waals surface area contributed by atoms with Crippen LogP contribution in [0.4, 0.5) is 11.4 Å². The Hall–Kier alpha value is -4.11. The van der Waals surface area contributed by atoms with Crippen molar-refractivity contribution in [3.05, 3.63) is 103 Å². The molecule has 0 radical (unpaired) electrons. The lowest BCUT2D eigenvalue weighted by Gasteiger charge is -2.42. The molecule has 3 heteroatoms. The highest BCUT2D eigenvalue weighted by molar-refractivity contribution is 6.93. The Bertz CT molecular complexity index is 1620. The summed E-state index contributed by atoms with van der Waals surface area (Å²) < 4.78 is 0. The summed E-state index contributed by atoms with van der Waals surface area (Å²) in [6, 6.07) is 35.5. The summed E-state index contributed by atoms with van der Waals surface area (Å²) in [5.41, 5.74) is 7.44. The first-order valence-electron chi connectivity index (χ1n) is 11.1. The van der Waals surface area contributed by atoms with E-state index in [9.17, 15) is 0 Å². The third-order valence-electron chi connectivity index (χ3n) is 7.27. The lowest BCUT2D eigenvalue weighted by Crippen LogP contribution is -2.59. The van der Waals surface area contributed by atoms with Crippen molar-refractivity contribution in [1.29, 1.82) is 0 Å². The Balaban J connectivity index is 1.66. The standard InChI is InChI=1S/C29H17BN2/c1-2-9-19-18(8-1)20-11-5-14-24-27(20)28-21(19)12-6-15-25(28)32-26-16-7-17-31-29(26)22-10-3-4-13-23(22)30(24)32/h1-17H. The maximum atomic E-state index is 4.83. The number of anilines is 2. The first kappa shape index (κ1) is 16.6. The van der Waals surface area contributed by atoms with Crippen LogP contribution in [0.15, 0.2) is 103 Å². The molecule has 3 heterocycles. The lowest BCUT2D eigenvalue weighted by molar-refractivity contribution is 1.27. The van der Waals surface area contributed by atoms with Gasteiger partial charge in [-0.15, -0.1) is 0 Å². The maximum absolute atomic E-state index is 4.83. The van der Waals surface area contributed by atoms with Gasteiger partial charge in [-0.05, 0) is 61.6 Å². The van der Waals surface area contributed by atoms with E-state index in [2.05, 4.69) is 102 Å². The average Bonchev–Trinajstić information content (AvgIpc) is 2.87. The molecule has 1 aromatic heterocycles. The Labute approximate surface area is 185 Å². The maximum Gasteiger partial charge on any atom is 0.329 e.